The Kier molecular flexibility index (Phi) is 4.25. The minimum atomic E-state index is -0.195. The van der Waals surface area contributed by atoms with Gasteiger partial charge in [-0.3, -0.25) is 9.59 Å². The smallest absolute Gasteiger partial charge is 0.256 e. The molecule has 0 unspecified atom stereocenters. The highest BCUT2D eigenvalue weighted by molar-refractivity contribution is 7.99. The lowest BCUT2D eigenvalue weighted by atomic mass is 10.1. The minimum Gasteiger partial charge on any atom is -0.346 e. The molecule has 0 spiro atoms. The number of rotatable bonds is 3. The maximum atomic E-state index is 12.4. The molecule has 0 bridgehead atoms. The molecule has 0 saturated heterocycles. The van der Waals surface area contributed by atoms with Crippen LogP contribution in [0.25, 0.3) is 0 Å². The van der Waals surface area contributed by atoms with Gasteiger partial charge in [0.2, 0.25) is 0 Å². The van der Waals surface area contributed by atoms with Crippen molar-refractivity contribution in [2.75, 3.05) is 5.32 Å². The molecule has 0 atom stereocenters. The molecular formula is C18H13N3O2S2. The standard InChI is InChI=1S/C18H13N3O2S2/c22-17(20-10-16-19-7-8-24-16)11-5-6-15-13(9-11)21-18(23)12-3-1-2-4-14(12)25-15/h1-9H,10H2,(H,20,22)(H,21,23). The maximum Gasteiger partial charge on any atom is 0.256 e. The molecule has 0 radical (unpaired) electrons. The van der Waals surface area contributed by atoms with E-state index in [2.05, 4.69) is 15.6 Å². The zero-order valence-electron chi connectivity index (χ0n) is 13.0. The first-order valence-corrected chi connectivity index (χ1v) is 9.29. The number of fused-ring (bicyclic) bond motifs is 2. The van der Waals surface area contributed by atoms with E-state index in [-0.39, 0.29) is 11.8 Å². The molecule has 2 aromatic carbocycles. The second kappa shape index (κ2) is 6.70. The van der Waals surface area contributed by atoms with E-state index >= 15 is 0 Å². The fraction of sp³-hybridized carbons (Fsp3) is 0.0556. The summed E-state index contributed by atoms with van der Waals surface area (Å²) in [4.78, 5) is 30.7. The van der Waals surface area contributed by atoms with Crippen molar-refractivity contribution in [1.82, 2.24) is 10.3 Å². The van der Waals surface area contributed by atoms with Crippen molar-refractivity contribution in [3.8, 4) is 0 Å². The molecule has 2 amide bonds. The maximum absolute atomic E-state index is 12.4. The predicted molar refractivity (Wildman–Crippen MR) is 98.2 cm³/mol. The van der Waals surface area contributed by atoms with Crippen LogP contribution in [-0.4, -0.2) is 16.8 Å². The van der Waals surface area contributed by atoms with Crippen molar-refractivity contribution < 1.29 is 9.59 Å². The molecule has 124 valence electrons. The van der Waals surface area contributed by atoms with Crippen LogP contribution in [0, 0.1) is 0 Å². The van der Waals surface area contributed by atoms with Crippen LogP contribution >= 0.6 is 23.1 Å². The Morgan fingerprint density at radius 2 is 2.04 bits per heavy atom. The highest BCUT2D eigenvalue weighted by Crippen LogP contribution is 2.38. The molecular weight excluding hydrogens is 354 g/mol. The number of nitrogens with zero attached hydrogens (tertiary/aromatic N) is 1. The summed E-state index contributed by atoms with van der Waals surface area (Å²) >= 11 is 3.01. The largest absolute Gasteiger partial charge is 0.346 e. The summed E-state index contributed by atoms with van der Waals surface area (Å²) in [7, 11) is 0. The molecule has 1 aromatic heterocycles. The van der Waals surface area contributed by atoms with Crippen molar-refractivity contribution >= 4 is 40.6 Å². The second-order valence-electron chi connectivity index (χ2n) is 5.37. The van der Waals surface area contributed by atoms with Gasteiger partial charge < -0.3 is 10.6 Å². The summed E-state index contributed by atoms with van der Waals surface area (Å²) in [6.45, 7) is 0.389. The number of carbonyl (C=O) groups excluding carboxylic acids is 2. The highest BCUT2D eigenvalue weighted by atomic mass is 32.2. The number of aromatic nitrogens is 1. The zero-order chi connectivity index (χ0) is 17.2. The Labute approximate surface area is 152 Å². The molecule has 4 rings (SSSR count). The Morgan fingerprint density at radius 3 is 2.88 bits per heavy atom. The number of anilines is 1. The first kappa shape index (κ1) is 15.9. The van der Waals surface area contributed by atoms with E-state index in [0.717, 1.165) is 14.8 Å². The zero-order valence-corrected chi connectivity index (χ0v) is 14.6. The summed E-state index contributed by atoms with van der Waals surface area (Å²) in [6.07, 6.45) is 1.71. The summed E-state index contributed by atoms with van der Waals surface area (Å²) in [5, 5.41) is 8.45. The first-order chi connectivity index (χ1) is 12.2. The summed E-state index contributed by atoms with van der Waals surface area (Å²) in [6, 6.07) is 12.8. The number of hydrogen-bond donors (Lipinski definition) is 2. The molecule has 25 heavy (non-hydrogen) atoms. The van der Waals surface area contributed by atoms with E-state index in [1.165, 1.54) is 23.1 Å². The molecule has 3 aromatic rings. The molecule has 5 nitrogen and oxygen atoms in total. The van der Waals surface area contributed by atoms with Crippen LogP contribution in [0.2, 0.25) is 0 Å². The molecule has 2 heterocycles. The third kappa shape index (κ3) is 3.29. The number of hydrogen-bond acceptors (Lipinski definition) is 5. The van der Waals surface area contributed by atoms with E-state index in [9.17, 15) is 9.59 Å². The lowest BCUT2D eigenvalue weighted by Crippen LogP contribution is -2.23. The van der Waals surface area contributed by atoms with Crippen LogP contribution in [-0.2, 0) is 6.54 Å². The lowest BCUT2D eigenvalue weighted by Gasteiger charge is -2.09. The van der Waals surface area contributed by atoms with E-state index in [1.807, 2.05) is 29.6 Å². The quantitative estimate of drug-likeness (QED) is 0.739. The Balaban J connectivity index is 1.57. The summed E-state index contributed by atoms with van der Waals surface area (Å²) in [5.74, 6) is -0.360. The van der Waals surface area contributed by atoms with E-state index in [0.29, 0.717) is 23.4 Å². The third-order valence-electron chi connectivity index (χ3n) is 3.73. The van der Waals surface area contributed by atoms with Crippen LogP contribution < -0.4 is 10.6 Å². The number of thiazole rings is 1. The normalized spacial score (nSPS) is 12.6. The van der Waals surface area contributed by atoms with Crippen molar-refractivity contribution in [2.45, 2.75) is 16.3 Å². The van der Waals surface area contributed by atoms with Crippen molar-refractivity contribution in [3.63, 3.8) is 0 Å². The molecule has 0 saturated carbocycles. The topological polar surface area (TPSA) is 71.1 Å². The van der Waals surface area contributed by atoms with Crippen molar-refractivity contribution in [3.05, 3.63) is 70.2 Å². The van der Waals surface area contributed by atoms with Gasteiger partial charge in [0.15, 0.2) is 0 Å². The summed E-state index contributed by atoms with van der Waals surface area (Å²) < 4.78 is 0. The second-order valence-corrected chi connectivity index (χ2v) is 7.43. The Morgan fingerprint density at radius 1 is 1.16 bits per heavy atom. The molecule has 1 aliphatic rings. The number of nitrogens with one attached hydrogen (secondary N) is 2. The van der Waals surface area contributed by atoms with Gasteiger partial charge in [-0.25, -0.2) is 4.98 Å². The highest BCUT2D eigenvalue weighted by Gasteiger charge is 2.20. The fourth-order valence-corrected chi connectivity index (χ4v) is 4.07. The number of benzene rings is 2. The lowest BCUT2D eigenvalue weighted by molar-refractivity contribution is 0.0949. The minimum absolute atomic E-state index is 0.165. The van der Waals surface area contributed by atoms with Crippen LogP contribution in [0.1, 0.15) is 25.7 Å². The van der Waals surface area contributed by atoms with Crippen LogP contribution in [0.15, 0.2) is 63.8 Å². The monoisotopic (exact) mass is 367 g/mol. The van der Waals surface area contributed by atoms with Crippen LogP contribution in [0.3, 0.4) is 0 Å². The Hall–Kier alpha value is -2.64. The SMILES string of the molecule is O=C(NCc1nccs1)c1ccc2c(c1)NC(=O)c1ccccc1S2. The molecule has 2 N–H and O–H groups in total. The molecule has 0 fully saturated rings. The van der Waals surface area contributed by atoms with E-state index < -0.39 is 0 Å². The van der Waals surface area contributed by atoms with Gasteiger partial charge in [0.05, 0.1) is 17.8 Å². The molecule has 0 aliphatic carbocycles. The van der Waals surface area contributed by atoms with Gasteiger partial charge >= 0.3 is 0 Å². The molecule has 1 aliphatic heterocycles. The van der Waals surface area contributed by atoms with Gasteiger partial charge in [-0.05, 0) is 30.3 Å². The average molecular weight is 367 g/mol. The molecule has 7 heteroatoms. The van der Waals surface area contributed by atoms with Crippen LogP contribution in [0.4, 0.5) is 5.69 Å². The van der Waals surface area contributed by atoms with Gasteiger partial charge in [-0.2, -0.15) is 0 Å². The van der Waals surface area contributed by atoms with Gasteiger partial charge in [0.25, 0.3) is 11.8 Å². The van der Waals surface area contributed by atoms with Crippen molar-refractivity contribution in [1.29, 1.82) is 0 Å². The first-order valence-electron chi connectivity index (χ1n) is 7.59. The summed E-state index contributed by atoms with van der Waals surface area (Å²) in [5.41, 5.74) is 1.79. The average Bonchev–Trinajstić information content (AvgIpc) is 3.10. The van der Waals surface area contributed by atoms with E-state index in [1.54, 1.807) is 24.4 Å². The predicted octanol–water partition coefficient (Wildman–Crippen LogP) is 3.79. The van der Waals surface area contributed by atoms with Gasteiger partial charge in [0, 0.05) is 26.9 Å². The van der Waals surface area contributed by atoms with Gasteiger partial charge in [0.1, 0.15) is 5.01 Å². The van der Waals surface area contributed by atoms with E-state index in [4.69, 9.17) is 0 Å². The third-order valence-corrected chi connectivity index (χ3v) is 5.66. The van der Waals surface area contributed by atoms with Crippen molar-refractivity contribution in [2.24, 2.45) is 0 Å². The van der Waals surface area contributed by atoms with Gasteiger partial charge in [-0.1, -0.05) is 23.9 Å². The van der Waals surface area contributed by atoms with Crippen LogP contribution in [0.5, 0.6) is 0 Å². The number of carbonyl (C=O) groups is 2. The van der Waals surface area contributed by atoms with Gasteiger partial charge in [-0.15, -0.1) is 11.3 Å². The Bertz CT molecular complexity index is 955. The number of amides is 2. The fourth-order valence-electron chi connectivity index (χ4n) is 2.51.